The van der Waals surface area contributed by atoms with Crippen molar-refractivity contribution in [1.82, 2.24) is 0 Å². The Labute approximate surface area is 120 Å². The van der Waals surface area contributed by atoms with Crippen molar-refractivity contribution >= 4 is 5.97 Å². The van der Waals surface area contributed by atoms with Crippen molar-refractivity contribution < 1.29 is 34.3 Å². The maximum Gasteiger partial charge on any atom is 0.338 e. The normalized spacial score (nSPS) is 36.9. The van der Waals surface area contributed by atoms with Crippen LogP contribution in [0, 0.1) is 0 Å². The zero-order chi connectivity index (χ0) is 15.0. The van der Waals surface area contributed by atoms with Gasteiger partial charge in [0.05, 0.1) is 6.61 Å². The fourth-order valence-electron chi connectivity index (χ4n) is 2.57. The predicted molar refractivity (Wildman–Crippen MR) is 67.9 cm³/mol. The zero-order valence-corrected chi connectivity index (χ0v) is 11.0. The first-order valence-electron chi connectivity index (χ1n) is 6.65. The summed E-state index contributed by atoms with van der Waals surface area (Å²) in [6.07, 6.45) is -6.40. The predicted octanol–water partition coefficient (Wildman–Crippen LogP) is -0.891. The fraction of sp³-hybridized carbons (Fsp3) is 0.500. The van der Waals surface area contributed by atoms with Gasteiger partial charge < -0.3 is 29.5 Å². The molecule has 0 radical (unpaired) electrons. The molecule has 114 valence electrons. The van der Waals surface area contributed by atoms with Crippen LogP contribution >= 0.6 is 0 Å². The molecular formula is C14H16O7. The summed E-state index contributed by atoms with van der Waals surface area (Å²) < 4.78 is 16.2. The zero-order valence-electron chi connectivity index (χ0n) is 11.0. The molecule has 0 unspecified atom stereocenters. The van der Waals surface area contributed by atoms with E-state index >= 15 is 0 Å². The Morgan fingerprint density at radius 3 is 2.52 bits per heavy atom. The van der Waals surface area contributed by atoms with E-state index in [-0.39, 0.29) is 0 Å². The number of esters is 1. The Kier molecular flexibility index (Phi) is 3.92. The molecule has 7 heteroatoms. The third-order valence-corrected chi connectivity index (χ3v) is 3.65. The van der Waals surface area contributed by atoms with Crippen LogP contribution in [0.15, 0.2) is 30.3 Å². The lowest BCUT2D eigenvalue weighted by Gasteiger charge is -2.39. The molecule has 0 aliphatic carbocycles. The van der Waals surface area contributed by atoms with Gasteiger partial charge in [-0.15, -0.1) is 0 Å². The van der Waals surface area contributed by atoms with Gasteiger partial charge in [0.1, 0.15) is 18.3 Å². The maximum absolute atomic E-state index is 11.5. The van der Waals surface area contributed by atoms with E-state index in [0.29, 0.717) is 5.56 Å². The highest BCUT2D eigenvalue weighted by molar-refractivity contribution is 5.78. The number of benzene rings is 1. The first-order valence-corrected chi connectivity index (χ1v) is 6.65. The number of carbonyl (C=O) groups is 1. The first kappa shape index (κ1) is 14.4. The van der Waals surface area contributed by atoms with E-state index in [9.17, 15) is 15.0 Å². The summed E-state index contributed by atoms with van der Waals surface area (Å²) >= 11 is 0. The lowest BCUT2D eigenvalue weighted by atomic mass is 9.99. The molecule has 2 aliphatic rings. The van der Waals surface area contributed by atoms with Crippen LogP contribution in [0.4, 0.5) is 0 Å². The molecular weight excluding hydrogens is 280 g/mol. The smallest absolute Gasteiger partial charge is 0.338 e. The Morgan fingerprint density at radius 2 is 1.86 bits per heavy atom. The van der Waals surface area contributed by atoms with Crippen LogP contribution in [0.25, 0.3) is 0 Å². The molecule has 3 N–H and O–H groups in total. The maximum atomic E-state index is 11.5. The Balaban J connectivity index is 1.88. The van der Waals surface area contributed by atoms with Crippen molar-refractivity contribution in [2.75, 3.05) is 6.61 Å². The standard InChI is InChI=1S/C14H16O7/c15-6-8(16)10-12-11(9(17)13(18)19-12)21-14(20-10)7-4-2-1-3-5-7/h1-5,8-12,14-17H,6H2/t8-,9-,10-,11+,12+,14-/m1/s1. The summed E-state index contributed by atoms with van der Waals surface area (Å²) in [5.41, 5.74) is 0.678. The van der Waals surface area contributed by atoms with E-state index in [1.54, 1.807) is 24.3 Å². The summed E-state index contributed by atoms with van der Waals surface area (Å²) in [5, 5.41) is 28.8. The summed E-state index contributed by atoms with van der Waals surface area (Å²) in [6, 6.07) is 8.93. The second-order valence-corrected chi connectivity index (χ2v) is 5.04. The van der Waals surface area contributed by atoms with Crippen molar-refractivity contribution in [3.05, 3.63) is 35.9 Å². The molecule has 0 bridgehead atoms. The minimum atomic E-state index is -1.43. The molecule has 6 atom stereocenters. The molecule has 0 aromatic heterocycles. The molecule has 1 aromatic carbocycles. The van der Waals surface area contributed by atoms with Crippen LogP contribution in [-0.2, 0) is 19.0 Å². The van der Waals surface area contributed by atoms with Gasteiger partial charge in [-0.2, -0.15) is 0 Å². The van der Waals surface area contributed by atoms with Crippen LogP contribution in [0.5, 0.6) is 0 Å². The number of ether oxygens (including phenoxy) is 3. The third kappa shape index (κ3) is 2.54. The van der Waals surface area contributed by atoms with Gasteiger partial charge in [0, 0.05) is 5.56 Å². The number of rotatable bonds is 3. The van der Waals surface area contributed by atoms with Gasteiger partial charge in [-0.05, 0) is 0 Å². The average molecular weight is 296 g/mol. The number of carbonyl (C=O) groups excluding carboxylic acids is 1. The highest BCUT2D eigenvalue weighted by Gasteiger charge is 2.55. The second-order valence-electron chi connectivity index (χ2n) is 5.04. The van der Waals surface area contributed by atoms with Gasteiger partial charge in [0.25, 0.3) is 0 Å². The highest BCUT2D eigenvalue weighted by atomic mass is 16.7. The van der Waals surface area contributed by atoms with E-state index < -0.39 is 49.4 Å². The van der Waals surface area contributed by atoms with Crippen molar-refractivity contribution in [2.45, 2.75) is 36.8 Å². The second kappa shape index (κ2) is 5.70. The van der Waals surface area contributed by atoms with E-state index in [2.05, 4.69) is 0 Å². The Hall–Kier alpha value is -1.51. The molecule has 2 fully saturated rings. The molecule has 3 rings (SSSR count). The quantitative estimate of drug-likeness (QED) is 0.621. The molecule has 0 spiro atoms. The molecule has 0 amide bonds. The Bertz CT molecular complexity index is 505. The summed E-state index contributed by atoms with van der Waals surface area (Å²) in [6.45, 7) is -0.553. The van der Waals surface area contributed by atoms with Crippen LogP contribution < -0.4 is 0 Å². The molecule has 2 saturated heterocycles. The van der Waals surface area contributed by atoms with Gasteiger partial charge in [0.2, 0.25) is 0 Å². The topological polar surface area (TPSA) is 105 Å². The summed E-state index contributed by atoms with van der Waals surface area (Å²) in [5.74, 6) is -0.822. The van der Waals surface area contributed by atoms with Crippen LogP contribution in [0.3, 0.4) is 0 Å². The number of aliphatic hydroxyl groups is 3. The Morgan fingerprint density at radius 1 is 1.14 bits per heavy atom. The average Bonchev–Trinajstić information content (AvgIpc) is 2.82. The van der Waals surface area contributed by atoms with Gasteiger partial charge in [-0.3, -0.25) is 0 Å². The van der Waals surface area contributed by atoms with Gasteiger partial charge in [0.15, 0.2) is 18.5 Å². The lowest BCUT2D eigenvalue weighted by Crippen LogP contribution is -2.53. The van der Waals surface area contributed by atoms with E-state index in [1.807, 2.05) is 6.07 Å². The van der Waals surface area contributed by atoms with E-state index in [0.717, 1.165) is 0 Å². The van der Waals surface area contributed by atoms with Crippen molar-refractivity contribution in [2.24, 2.45) is 0 Å². The molecule has 21 heavy (non-hydrogen) atoms. The van der Waals surface area contributed by atoms with Gasteiger partial charge in [-0.25, -0.2) is 4.79 Å². The van der Waals surface area contributed by atoms with Crippen molar-refractivity contribution in [3.8, 4) is 0 Å². The lowest BCUT2D eigenvalue weighted by molar-refractivity contribution is -0.300. The first-order chi connectivity index (χ1) is 10.1. The number of aliphatic hydroxyl groups excluding tert-OH is 3. The number of hydrogen-bond donors (Lipinski definition) is 3. The van der Waals surface area contributed by atoms with Gasteiger partial charge in [-0.1, -0.05) is 30.3 Å². The van der Waals surface area contributed by atoms with Crippen molar-refractivity contribution in [1.29, 1.82) is 0 Å². The molecule has 7 nitrogen and oxygen atoms in total. The van der Waals surface area contributed by atoms with E-state index in [1.165, 1.54) is 0 Å². The minimum Gasteiger partial charge on any atom is -0.455 e. The monoisotopic (exact) mass is 296 g/mol. The highest BCUT2D eigenvalue weighted by Crippen LogP contribution is 2.37. The van der Waals surface area contributed by atoms with Crippen LogP contribution in [0.2, 0.25) is 0 Å². The molecule has 0 saturated carbocycles. The number of hydrogen-bond acceptors (Lipinski definition) is 7. The molecule has 2 heterocycles. The van der Waals surface area contributed by atoms with Crippen molar-refractivity contribution in [3.63, 3.8) is 0 Å². The SMILES string of the molecule is O=C1O[C@@H]2[C@@H](O[C@H](c3ccccc3)O[C@@H]2[C@H](O)CO)[C@H]1O. The largest absolute Gasteiger partial charge is 0.455 e. The molecule has 2 aliphatic heterocycles. The number of fused-ring (bicyclic) bond motifs is 1. The summed E-state index contributed by atoms with van der Waals surface area (Å²) in [4.78, 5) is 11.5. The third-order valence-electron chi connectivity index (χ3n) is 3.65. The minimum absolute atomic E-state index is 0.553. The van der Waals surface area contributed by atoms with Crippen LogP contribution in [-0.4, -0.2) is 58.4 Å². The summed E-state index contributed by atoms with van der Waals surface area (Å²) in [7, 11) is 0. The molecule has 1 aromatic rings. The van der Waals surface area contributed by atoms with E-state index in [4.69, 9.17) is 19.3 Å². The van der Waals surface area contributed by atoms with Gasteiger partial charge >= 0.3 is 5.97 Å². The fourth-order valence-corrected chi connectivity index (χ4v) is 2.57. The van der Waals surface area contributed by atoms with Crippen LogP contribution in [0.1, 0.15) is 11.9 Å².